The van der Waals surface area contributed by atoms with Gasteiger partial charge in [-0.15, -0.1) is 0 Å². The van der Waals surface area contributed by atoms with Gasteiger partial charge in [0.25, 0.3) is 0 Å². The maximum Gasteiger partial charge on any atom is 0.335 e. The molecule has 0 aliphatic rings. The first-order valence-electron chi connectivity index (χ1n) is 4.43. The lowest BCUT2D eigenvalue weighted by molar-refractivity contribution is -0.134. The number of carboxylic acid groups (broad SMARTS) is 1. The van der Waals surface area contributed by atoms with E-state index in [1.807, 2.05) is 0 Å². The van der Waals surface area contributed by atoms with Crippen LogP contribution in [0.1, 0.15) is 29.8 Å². The summed E-state index contributed by atoms with van der Waals surface area (Å²) in [5.74, 6) is -1.42. The highest BCUT2D eigenvalue weighted by Gasteiger charge is 2.28. The minimum absolute atomic E-state index is 0.123. The lowest BCUT2D eigenvalue weighted by Crippen LogP contribution is -2.29. The lowest BCUT2D eigenvalue weighted by Gasteiger charge is -2.20. The molecule has 0 saturated heterocycles. The van der Waals surface area contributed by atoms with Crippen molar-refractivity contribution in [3.8, 4) is 0 Å². The van der Waals surface area contributed by atoms with Gasteiger partial charge in [0, 0.05) is 0 Å². The van der Waals surface area contributed by atoms with Crippen LogP contribution in [0.15, 0.2) is 24.3 Å². The number of rotatable bonds is 3. The van der Waals surface area contributed by atoms with Crippen molar-refractivity contribution >= 4 is 11.8 Å². The van der Waals surface area contributed by atoms with Crippen molar-refractivity contribution < 1.29 is 19.8 Å². The molecule has 0 heterocycles. The first kappa shape index (κ1) is 11.4. The Morgan fingerprint density at radius 3 is 2.00 bits per heavy atom. The molecule has 15 heavy (non-hydrogen) atoms. The smallest absolute Gasteiger partial charge is 0.335 e. The summed E-state index contributed by atoms with van der Waals surface area (Å²) in [6.45, 7) is 2.66. The van der Waals surface area contributed by atoms with Crippen molar-refractivity contribution in [1.82, 2.24) is 0 Å². The van der Waals surface area contributed by atoms with Gasteiger partial charge < -0.3 is 10.2 Å². The maximum atomic E-state index is 11.1. The van der Waals surface area contributed by atoms with Gasteiger partial charge in [-0.25, -0.2) is 4.79 Å². The Balaban J connectivity index is 3.09. The Hall–Kier alpha value is -1.68. The summed E-state index contributed by atoms with van der Waals surface area (Å²) in [6.07, 6.45) is 0. The quantitative estimate of drug-likeness (QED) is 0.782. The molecule has 0 bridgehead atoms. The van der Waals surface area contributed by atoms with Crippen molar-refractivity contribution in [2.45, 2.75) is 19.4 Å². The van der Waals surface area contributed by atoms with E-state index in [1.54, 1.807) is 0 Å². The van der Waals surface area contributed by atoms with E-state index in [4.69, 9.17) is 5.11 Å². The number of carboxylic acids is 1. The highest BCUT2D eigenvalue weighted by molar-refractivity contribution is 5.88. The molecule has 4 nitrogen and oxygen atoms in total. The molecule has 80 valence electrons. The Morgan fingerprint density at radius 2 is 1.67 bits per heavy atom. The molecule has 0 aliphatic heterocycles. The molecular formula is C11H12O4. The van der Waals surface area contributed by atoms with Gasteiger partial charge in [-0.2, -0.15) is 0 Å². The molecule has 0 amide bonds. The molecule has 0 spiro atoms. The van der Waals surface area contributed by atoms with Crippen LogP contribution in [0.2, 0.25) is 0 Å². The van der Waals surface area contributed by atoms with E-state index >= 15 is 0 Å². The Kier molecular flexibility index (Phi) is 2.90. The van der Waals surface area contributed by atoms with Gasteiger partial charge in [0.2, 0.25) is 0 Å². The third kappa shape index (κ3) is 2.22. The van der Waals surface area contributed by atoms with Crippen LogP contribution in [0.4, 0.5) is 0 Å². The number of benzene rings is 1. The minimum atomic E-state index is -1.56. The SMILES string of the molecule is CC(=O)[C@@](C)(O)c1ccc(C(=O)O)cc1. The third-order valence-electron chi connectivity index (χ3n) is 2.38. The highest BCUT2D eigenvalue weighted by Crippen LogP contribution is 2.21. The summed E-state index contributed by atoms with van der Waals surface area (Å²) in [7, 11) is 0. The zero-order valence-corrected chi connectivity index (χ0v) is 8.52. The topological polar surface area (TPSA) is 74.6 Å². The second kappa shape index (κ2) is 3.82. The Labute approximate surface area is 87.2 Å². The number of aromatic carboxylic acids is 1. The molecule has 0 saturated carbocycles. The first-order chi connectivity index (χ1) is 6.85. The van der Waals surface area contributed by atoms with Crippen molar-refractivity contribution in [1.29, 1.82) is 0 Å². The average Bonchev–Trinajstić information content (AvgIpc) is 2.17. The second-order valence-corrected chi connectivity index (χ2v) is 3.51. The van der Waals surface area contributed by atoms with Crippen LogP contribution >= 0.6 is 0 Å². The van der Waals surface area contributed by atoms with E-state index < -0.39 is 11.6 Å². The number of carbonyl (C=O) groups excluding carboxylic acids is 1. The van der Waals surface area contributed by atoms with Crippen LogP contribution in [0.3, 0.4) is 0 Å². The summed E-state index contributed by atoms with van der Waals surface area (Å²) >= 11 is 0. The van der Waals surface area contributed by atoms with Gasteiger partial charge >= 0.3 is 5.97 Å². The largest absolute Gasteiger partial charge is 0.478 e. The maximum absolute atomic E-state index is 11.1. The number of carbonyl (C=O) groups is 2. The van der Waals surface area contributed by atoms with E-state index in [-0.39, 0.29) is 11.3 Å². The van der Waals surface area contributed by atoms with Crippen LogP contribution in [0.5, 0.6) is 0 Å². The molecule has 4 heteroatoms. The molecular weight excluding hydrogens is 196 g/mol. The fourth-order valence-electron chi connectivity index (χ4n) is 1.14. The standard InChI is InChI=1S/C11H12O4/c1-7(12)11(2,15)9-5-3-8(4-6-9)10(13)14/h3-6,15H,1-2H3,(H,13,14)/t11-/m1/s1. The van der Waals surface area contributed by atoms with Crippen molar-refractivity contribution in [2.24, 2.45) is 0 Å². The van der Waals surface area contributed by atoms with Gasteiger partial charge in [0.05, 0.1) is 5.56 Å². The lowest BCUT2D eigenvalue weighted by atomic mass is 9.92. The fourth-order valence-corrected chi connectivity index (χ4v) is 1.14. The van der Waals surface area contributed by atoms with E-state index in [1.165, 1.54) is 38.1 Å². The molecule has 0 aromatic heterocycles. The predicted octanol–water partition coefficient (Wildman–Crippen LogP) is 1.18. The van der Waals surface area contributed by atoms with E-state index in [0.717, 1.165) is 0 Å². The van der Waals surface area contributed by atoms with Crippen LogP contribution in [0.25, 0.3) is 0 Å². The van der Waals surface area contributed by atoms with Crippen LogP contribution in [0, 0.1) is 0 Å². The first-order valence-corrected chi connectivity index (χ1v) is 4.43. The molecule has 0 unspecified atom stereocenters. The molecule has 1 aromatic carbocycles. The molecule has 1 aromatic rings. The molecule has 1 atom stereocenters. The van der Waals surface area contributed by atoms with Gasteiger partial charge in [-0.05, 0) is 31.5 Å². The summed E-state index contributed by atoms with van der Waals surface area (Å²) in [6, 6.07) is 5.58. The number of aliphatic hydroxyl groups is 1. The van der Waals surface area contributed by atoms with E-state index in [2.05, 4.69) is 0 Å². The summed E-state index contributed by atoms with van der Waals surface area (Å²) < 4.78 is 0. The summed E-state index contributed by atoms with van der Waals surface area (Å²) in [4.78, 5) is 21.7. The van der Waals surface area contributed by atoms with Crippen molar-refractivity contribution in [3.63, 3.8) is 0 Å². The Morgan fingerprint density at radius 1 is 1.20 bits per heavy atom. The van der Waals surface area contributed by atoms with Crippen LogP contribution in [-0.2, 0) is 10.4 Å². The van der Waals surface area contributed by atoms with E-state index in [9.17, 15) is 14.7 Å². The normalized spacial score (nSPS) is 14.3. The predicted molar refractivity (Wildman–Crippen MR) is 53.7 cm³/mol. The number of ketones is 1. The molecule has 0 radical (unpaired) electrons. The molecule has 2 N–H and O–H groups in total. The number of Topliss-reactive ketones (excluding diaryl/α,β-unsaturated/α-hetero) is 1. The zero-order valence-electron chi connectivity index (χ0n) is 8.52. The van der Waals surface area contributed by atoms with Crippen molar-refractivity contribution in [3.05, 3.63) is 35.4 Å². The van der Waals surface area contributed by atoms with Crippen LogP contribution < -0.4 is 0 Å². The van der Waals surface area contributed by atoms with E-state index in [0.29, 0.717) is 5.56 Å². The Bertz CT molecular complexity index is 390. The molecule has 0 aliphatic carbocycles. The van der Waals surface area contributed by atoms with Gasteiger partial charge in [0.15, 0.2) is 5.78 Å². The average molecular weight is 208 g/mol. The molecule has 1 rings (SSSR count). The number of hydrogen-bond donors (Lipinski definition) is 2. The molecule has 0 fully saturated rings. The number of hydrogen-bond acceptors (Lipinski definition) is 3. The highest BCUT2D eigenvalue weighted by atomic mass is 16.4. The summed E-state index contributed by atoms with van der Waals surface area (Å²) in [5, 5.41) is 18.5. The minimum Gasteiger partial charge on any atom is -0.478 e. The van der Waals surface area contributed by atoms with Gasteiger partial charge in [0.1, 0.15) is 5.60 Å². The zero-order chi connectivity index (χ0) is 11.6. The van der Waals surface area contributed by atoms with Gasteiger partial charge in [-0.3, -0.25) is 4.79 Å². The van der Waals surface area contributed by atoms with Crippen molar-refractivity contribution in [2.75, 3.05) is 0 Å². The van der Waals surface area contributed by atoms with Crippen LogP contribution in [-0.4, -0.2) is 22.0 Å². The van der Waals surface area contributed by atoms with Gasteiger partial charge in [-0.1, -0.05) is 12.1 Å². The fraction of sp³-hybridized carbons (Fsp3) is 0.273. The summed E-state index contributed by atoms with van der Waals surface area (Å²) in [5.41, 5.74) is -1.05. The third-order valence-corrected chi connectivity index (χ3v) is 2.38. The monoisotopic (exact) mass is 208 g/mol. The second-order valence-electron chi connectivity index (χ2n) is 3.51.